The Kier molecular flexibility index (Phi) is 5.01. The van der Waals surface area contributed by atoms with Gasteiger partial charge in [0.1, 0.15) is 4.83 Å². The van der Waals surface area contributed by atoms with Gasteiger partial charge in [0, 0.05) is 16.7 Å². The number of benzene rings is 1. The van der Waals surface area contributed by atoms with Gasteiger partial charge in [-0.2, -0.15) is 0 Å². The molecule has 0 radical (unpaired) electrons. The molecule has 0 bridgehead atoms. The van der Waals surface area contributed by atoms with Gasteiger partial charge in [-0.15, -0.1) is 11.3 Å². The first-order valence-corrected chi connectivity index (χ1v) is 9.40. The molecule has 2 aromatic heterocycles. The van der Waals surface area contributed by atoms with Crippen molar-refractivity contribution in [3.05, 3.63) is 45.6 Å². The summed E-state index contributed by atoms with van der Waals surface area (Å²) in [7, 11) is 0. The molecule has 0 aliphatic rings. The number of aromatic nitrogens is 2. The molecular weight excluding hydrogens is 344 g/mol. The Morgan fingerprint density at radius 1 is 1.33 bits per heavy atom. The van der Waals surface area contributed by atoms with Crippen molar-refractivity contribution < 1.29 is 9.90 Å². The second-order valence-electron chi connectivity index (χ2n) is 5.24. The van der Waals surface area contributed by atoms with Gasteiger partial charge in [0.05, 0.1) is 11.8 Å². The summed E-state index contributed by atoms with van der Waals surface area (Å²) in [5.74, 6) is -0.486. The number of aliphatic carboxylic acids is 1. The summed E-state index contributed by atoms with van der Waals surface area (Å²) in [6.07, 6.45) is 1.01. The highest BCUT2D eigenvalue weighted by molar-refractivity contribution is 7.99. The number of hydrogen-bond acceptors (Lipinski definition) is 5. The monoisotopic (exact) mass is 360 g/mol. The number of rotatable bonds is 6. The van der Waals surface area contributed by atoms with Crippen molar-refractivity contribution in [1.82, 2.24) is 9.97 Å². The summed E-state index contributed by atoms with van der Waals surface area (Å²) in [6, 6.07) is 8.18. The Morgan fingerprint density at radius 2 is 2.08 bits per heavy atom. The fourth-order valence-corrected chi connectivity index (χ4v) is 4.16. The number of aromatic amines is 1. The maximum Gasteiger partial charge on any atom is 0.304 e. The number of carboxylic acids is 1. The number of carbonyl (C=O) groups is 1. The normalized spacial score (nSPS) is 11.0. The van der Waals surface area contributed by atoms with Crippen LogP contribution < -0.4 is 5.56 Å². The van der Waals surface area contributed by atoms with E-state index < -0.39 is 5.97 Å². The zero-order valence-corrected chi connectivity index (χ0v) is 14.7. The van der Waals surface area contributed by atoms with Crippen LogP contribution in [0.3, 0.4) is 0 Å². The Labute approximate surface area is 146 Å². The zero-order valence-electron chi connectivity index (χ0n) is 13.0. The Morgan fingerprint density at radius 3 is 2.75 bits per heavy atom. The Hall–Kier alpha value is -2.12. The van der Waals surface area contributed by atoms with E-state index >= 15 is 0 Å². The van der Waals surface area contributed by atoms with E-state index in [1.807, 2.05) is 17.5 Å². The molecule has 3 rings (SSSR count). The number of nitrogens with zero attached hydrogens (tertiary/aromatic N) is 1. The molecule has 124 valence electrons. The zero-order chi connectivity index (χ0) is 17.1. The van der Waals surface area contributed by atoms with Gasteiger partial charge in [0.2, 0.25) is 0 Å². The van der Waals surface area contributed by atoms with Crippen molar-refractivity contribution in [2.24, 2.45) is 0 Å². The number of H-pyrrole nitrogens is 1. The summed E-state index contributed by atoms with van der Waals surface area (Å²) < 4.78 is 0. The van der Waals surface area contributed by atoms with Gasteiger partial charge in [-0.25, -0.2) is 4.98 Å². The summed E-state index contributed by atoms with van der Waals surface area (Å²) in [5, 5.41) is 11.7. The predicted molar refractivity (Wildman–Crippen MR) is 98.0 cm³/mol. The van der Waals surface area contributed by atoms with Crippen LogP contribution >= 0.6 is 23.1 Å². The molecule has 0 aliphatic carbocycles. The van der Waals surface area contributed by atoms with Crippen LogP contribution in [0.5, 0.6) is 0 Å². The number of hydrogen-bond donors (Lipinski definition) is 2. The third kappa shape index (κ3) is 3.52. The van der Waals surface area contributed by atoms with E-state index in [1.54, 1.807) is 0 Å². The van der Waals surface area contributed by atoms with E-state index in [-0.39, 0.29) is 12.0 Å². The lowest BCUT2D eigenvalue weighted by molar-refractivity contribution is -0.136. The Bertz CT molecular complexity index is 929. The van der Waals surface area contributed by atoms with Crippen LogP contribution in [0.15, 0.2) is 39.6 Å². The average Bonchev–Trinajstić information content (AvgIpc) is 2.99. The van der Waals surface area contributed by atoms with Gasteiger partial charge in [-0.3, -0.25) is 9.59 Å². The molecule has 0 saturated heterocycles. The fraction of sp³-hybridized carbons (Fsp3) is 0.235. The molecule has 2 heterocycles. The molecule has 0 aliphatic heterocycles. The van der Waals surface area contributed by atoms with E-state index in [9.17, 15) is 9.59 Å². The minimum Gasteiger partial charge on any atom is -0.481 e. The Balaban J connectivity index is 1.94. The highest BCUT2D eigenvalue weighted by Gasteiger charge is 2.13. The summed E-state index contributed by atoms with van der Waals surface area (Å²) in [6.45, 7) is 2.10. The third-order valence-corrected chi connectivity index (χ3v) is 5.40. The number of thioether (sulfide) groups is 1. The number of thiophene rings is 1. The van der Waals surface area contributed by atoms with E-state index in [0.717, 1.165) is 17.5 Å². The quantitative estimate of drug-likeness (QED) is 0.516. The first-order valence-electron chi connectivity index (χ1n) is 7.54. The smallest absolute Gasteiger partial charge is 0.304 e. The maximum absolute atomic E-state index is 12.5. The maximum atomic E-state index is 12.5. The summed E-state index contributed by atoms with van der Waals surface area (Å²) >= 11 is 2.67. The standard InChI is InChI=1S/C17H16N2O3S2/c1-2-10-3-5-11(6-4-10)12-9-24-16-14(12)15(22)18-17(19-16)23-8-7-13(20)21/h3-6,9H,2,7-8H2,1H3,(H,20,21)(H,18,19,22). The van der Waals surface area contributed by atoms with Crippen LogP contribution in [0.2, 0.25) is 0 Å². The van der Waals surface area contributed by atoms with Crippen LogP contribution in [0, 0.1) is 0 Å². The van der Waals surface area contributed by atoms with E-state index in [2.05, 4.69) is 29.0 Å². The molecule has 0 saturated carbocycles. The van der Waals surface area contributed by atoms with E-state index in [1.165, 1.54) is 28.7 Å². The molecular formula is C17H16N2O3S2. The second-order valence-corrected chi connectivity index (χ2v) is 7.19. The number of nitrogens with one attached hydrogen (secondary N) is 1. The lowest BCUT2D eigenvalue weighted by atomic mass is 10.0. The third-order valence-electron chi connectivity index (χ3n) is 3.65. The van der Waals surface area contributed by atoms with Crippen molar-refractivity contribution >= 4 is 39.3 Å². The van der Waals surface area contributed by atoms with Crippen molar-refractivity contribution in [1.29, 1.82) is 0 Å². The number of fused-ring (bicyclic) bond motifs is 1. The molecule has 24 heavy (non-hydrogen) atoms. The lowest BCUT2D eigenvalue weighted by Gasteiger charge is -2.03. The fourth-order valence-electron chi connectivity index (χ4n) is 2.37. The van der Waals surface area contributed by atoms with Crippen LogP contribution in [-0.2, 0) is 11.2 Å². The topological polar surface area (TPSA) is 83.0 Å². The van der Waals surface area contributed by atoms with Gasteiger partial charge in [-0.05, 0) is 17.5 Å². The van der Waals surface area contributed by atoms with Crippen molar-refractivity contribution in [3.63, 3.8) is 0 Å². The molecule has 1 aromatic carbocycles. The second kappa shape index (κ2) is 7.19. The van der Waals surface area contributed by atoms with Crippen LogP contribution in [-0.4, -0.2) is 26.8 Å². The van der Waals surface area contributed by atoms with Gasteiger partial charge in [0.15, 0.2) is 5.16 Å². The molecule has 5 nitrogen and oxygen atoms in total. The SMILES string of the molecule is CCc1ccc(-c2csc3nc(SCCC(=O)O)[nH]c(=O)c23)cc1. The molecule has 0 amide bonds. The summed E-state index contributed by atoms with van der Waals surface area (Å²) in [5.41, 5.74) is 2.95. The lowest BCUT2D eigenvalue weighted by Crippen LogP contribution is -2.09. The molecule has 0 fully saturated rings. The first kappa shape index (κ1) is 16.7. The largest absolute Gasteiger partial charge is 0.481 e. The number of carboxylic acid groups (broad SMARTS) is 1. The molecule has 2 N–H and O–H groups in total. The van der Waals surface area contributed by atoms with Gasteiger partial charge in [0.25, 0.3) is 5.56 Å². The van der Waals surface area contributed by atoms with Crippen LogP contribution in [0.4, 0.5) is 0 Å². The van der Waals surface area contributed by atoms with Crippen molar-refractivity contribution in [2.75, 3.05) is 5.75 Å². The molecule has 0 unspecified atom stereocenters. The van der Waals surface area contributed by atoms with Gasteiger partial charge in [-0.1, -0.05) is 43.0 Å². The van der Waals surface area contributed by atoms with Crippen LogP contribution in [0.25, 0.3) is 21.3 Å². The summed E-state index contributed by atoms with van der Waals surface area (Å²) in [4.78, 5) is 30.9. The molecule has 0 spiro atoms. The first-order chi connectivity index (χ1) is 11.6. The molecule has 7 heteroatoms. The highest BCUT2D eigenvalue weighted by atomic mass is 32.2. The predicted octanol–water partition coefficient (Wildman–Crippen LogP) is 3.78. The van der Waals surface area contributed by atoms with Crippen molar-refractivity contribution in [3.8, 4) is 11.1 Å². The molecule has 0 atom stereocenters. The highest BCUT2D eigenvalue weighted by Crippen LogP contribution is 2.31. The van der Waals surface area contributed by atoms with E-state index in [4.69, 9.17) is 5.11 Å². The average molecular weight is 360 g/mol. The molecule has 3 aromatic rings. The van der Waals surface area contributed by atoms with E-state index in [0.29, 0.717) is 21.1 Å². The van der Waals surface area contributed by atoms with Crippen LogP contribution in [0.1, 0.15) is 18.9 Å². The van der Waals surface area contributed by atoms with Gasteiger partial charge >= 0.3 is 5.97 Å². The minimum atomic E-state index is -0.861. The number of aryl methyl sites for hydroxylation is 1. The van der Waals surface area contributed by atoms with Gasteiger partial charge < -0.3 is 10.1 Å². The minimum absolute atomic E-state index is 0.0336. The van der Waals surface area contributed by atoms with Crippen molar-refractivity contribution in [2.45, 2.75) is 24.9 Å².